The van der Waals surface area contributed by atoms with Gasteiger partial charge in [-0.3, -0.25) is 4.79 Å². The topological polar surface area (TPSA) is 63.2 Å². The van der Waals surface area contributed by atoms with Crippen LogP contribution in [0, 0.1) is 0 Å². The lowest BCUT2D eigenvalue weighted by Crippen LogP contribution is -2.02. The first-order chi connectivity index (χ1) is 12.1. The van der Waals surface area contributed by atoms with Gasteiger partial charge in [-0.15, -0.1) is 0 Å². The summed E-state index contributed by atoms with van der Waals surface area (Å²) < 4.78 is 26.8. The molecule has 0 aromatic heterocycles. The lowest BCUT2D eigenvalue weighted by molar-refractivity contribution is 0.101. The summed E-state index contributed by atoms with van der Waals surface area (Å²) in [6.07, 6.45) is 1.67. The van der Waals surface area contributed by atoms with Gasteiger partial charge in [0.2, 0.25) is 11.5 Å². The first-order valence-corrected chi connectivity index (χ1v) is 7.54. The second kappa shape index (κ2) is 6.76. The smallest absolute Gasteiger partial charge is 0.235 e. The molecule has 0 amide bonds. The van der Waals surface area contributed by atoms with E-state index >= 15 is 0 Å². The van der Waals surface area contributed by atoms with Crippen molar-refractivity contribution in [2.45, 2.75) is 0 Å². The Morgan fingerprint density at radius 3 is 2.12 bits per heavy atom. The van der Waals surface area contributed by atoms with Crippen molar-refractivity contribution in [2.24, 2.45) is 0 Å². The molecule has 6 nitrogen and oxygen atoms in total. The molecule has 2 aromatic rings. The van der Waals surface area contributed by atoms with E-state index in [9.17, 15) is 4.79 Å². The average Bonchev–Trinajstić information content (AvgIpc) is 2.96. The largest absolute Gasteiger partial charge is 0.497 e. The summed E-state index contributed by atoms with van der Waals surface area (Å²) in [6, 6.07) is 8.91. The predicted octanol–water partition coefficient (Wildman–Crippen LogP) is 3.34. The Bertz CT molecular complexity index is 836. The SMILES string of the molecule is COc1ccc(/C=C2/Oc3cc(OC)c(OC)c(OC)c3C2=O)cc1. The van der Waals surface area contributed by atoms with Crippen LogP contribution < -0.4 is 23.7 Å². The highest BCUT2D eigenvalue weighted by Crippen LogP contribution is 2.49. The normalized spacial score (nSPS) is 14.1. The first kappa shape index (κ1) is 16.7. The van der Waals surface area contributed by atoms with Gasteiger partial charge in [0.05, 0.1) is 28.4 Å². The van der Waals surface area contributed by atoms with Gasteiger partial charge in [0.25, 0.3) is 0 Å². The zero-order valence-electron chi connectivity index (χ0n) is 14.4. The fraction of sp³-hybridized carbons (Fsp3) is 0.211. The molecule has 1 heterocycles. The zero-order valence-corrected chi connectivity index (χ0v) is 14.4. The summed E-state index contributed by atoms with van der Waals surface area (Å²) in [7, 11) is 6.06. The zero-order chi connectivity index (χ0) is 18.0. The minimum atomic E-state index is -0.274. The summed E-state index contributed by atoms with van der Waals surface area (Å²) >= 11 is 0. The van der Waals surface area contributed by atoms with Crippen molar-refractivity contribution in [1.29, 1.82) is 0 Å². The number of fused-ring (bicyclic) bond motifs is 1. The van der Waals surface area contributed by atoms with Gasteiger partial charge >= 0.3 is 0 Å². The van der Waals surface area contributed by atoms with Crippen LogP contribution in [-0.4, -0.2) is 34.2 Å². The highest BCUT2D eigenvalue weighted by atomic mass is 16.5. The first-order valence-electron chi connectivity index (χ1n) is 7.54. The highest BCUT2D eigenvalue weighted by Gasteiger charge is 2.35. The van der Waals surface area contributed by atoms with Crippen molar-refractivity contribution in [3.05, 3.63) is 47.2 Å². The molecule has 0 N–H and O–H groups in total. The van der Waals surface area contributed by atoms with E-state index in [0.717, 1.165) is 11.3 Å². The Balaban J connectivity index is 2.04. The maximum absolute atomic E-state index is 12.8. The van der Waals surface area contributed by atoms with E-state index in [-0.39, 0.29) is 11.5 Å². The van der Waals surface area contributed by atoms with E-state index in [4.69, 9.17) is 23.7 Å². The van der Waals surface area contributed by atoms with Crippen molar-refractivity contribution < 1.29 is 28.5 Å². The fourth-order valence-corrected chi connectivity index (χ4v) is 2.66. The van der Waals surface area contributed by atoms with Crippen molar-refractivity contribution in [3.8, 4) is 28.7 Å². The van der Waals surface area contributed by atoms with E-state index in [2.05, 4.69) is 0 Å². The van der Waals surface area contributed by atoms with Gasteiger partial charge in [-0.05, 0) is 23.8 Å². The maximum Gasteiger partial charge on any atom is 0.235 e. The van der Waals surface area contributed by atoms with E-state index in [1.807, 2.05) is 24.3 Å². The number of benzene rings is 2. The number of Topliss-reactive ketones (excluding diaryl/α,β-unsaturated/α-hetero) is 1. The Kier molecular flexibility index (Phi) is 4.52. The molecule has 0 unspecified atom stereocenters. The van der Waals surface area contributed by atoms with Gasteiger partial charge in [-0.25, -0.2) is 0 Å². The summed E-state index contributed by atoms with van der Waals surface area (Å²) in [5, 5.41) is 0. The number of hydrogen-bond acceptors (Lipinski definition) is 6. The van der Waals surface area contributed by atoms with Crippen molar-refractivity contribution >= 4 is 11.9 Å². The molecule has 0 spiro atoms. The van der Waals surface area contributed by atoms with Gasteiger partial charge in [-0.1, -0.05) is 12.1 Å². The van der Waals surface area contributed by atoms with Crippen LogP contribution in [0.4, 0.5) is 0 Å². The number of hydrogen-bond donors (Lipinski definition) is 0. The maximum atomic E-state index is 12.8. The number of rotatable bonds is 5. The molecule has 0 fully saturated rings. The number of ketones is 1. The second-order valence-corrected chi connectivity index (χ2v) is 5.23. The summed E-state index contributed by atoms with van der Waals surface area (Å²) in [6.45, 7) is 0. The molecular weight excluding hydrogens is 324 g/mol. The van der Waals surface area contributed by atoms with Crippen LogP contribution in [0.15, 0.2) is 36.1 Å². The second-order valence-electron chi connectivity index (χ2n) is 5.23. The van der Waals surface area contributed by atoms with Crippen molar-refractivity contribution in [1.82, 2.24) is 0 Å². The van der Waals surface area contributed by atoms with E-state index < -0.39 is 0 Å². The molecule has 3 rings (SSSR count). The Labute approximate surface area is 145 Å². The molecule has 0 atom stereocenters. The number of carbonyl (C=O) groups excluding carboxylic acids is 1. The van der Waals surface area contributed by atoms with Crippen LogP contribution in [0.25, 0.3) is 6.08 Å². The standard InChI is InChI=1S/C19H18O6/c1-21-12-7-5-11(6-8-12)9-14-17(20)16-13(25-14)10-15(22-2)18(23-3)19(16)24-4/h5-10H,1-4H3/b14-9+. The van der Waals surface area contributed by atoms with Crippen LogP contribution in [0.2, 0.25) is 0 Å². The van der Waals surface area contributed by atoms with Crippen molar-refractivity contribution in [2.75, 3.05) is 28.4 Å². The summed E-state index contributed by atoms with van der Waals surface area (Å²) in [5.41, 5.74) is 1.13. The number of allylic oxidation sites excluding steroid dienone is 1. The van der Waals surface area contributed by atoms with Crippen LogP contribution in [0.1, 0.15) is 15.9 Å². The fourth-order valence-electron chi connectivity index (χ4n) is 2.66. The third kappa shape index (κ3) is 2.87. The number of ether oxygens (including phenoxy) is 5. The molecular formula is C19H18O6. The van der Waals surface area contributed by atoms with Gasteiger partial charge in [0.1, 0.15) is 17.1 Å². The van der Waals surface area contributed by atoms with Gasteiger partial charge in [-0.2, -0.15) is 0 Å². The van der Waals surface area contributed by atoms with Crippen LogP contribution in [0.3, 0.4) is 0 Å². The average molecular weight is 342 g/mol. The predicted molar refractivity (Wildman–Crippen MR) is 92.0 cm³/mol. The van der Waals surface area contributed by atoms with E-state index in [1.165, 1.54) is 21.3 Å². The molecule has 0 saturated heterocycles. The highest BCUT2D eigenvalue weighted by molar-refractivity contribution is 6.16. The Morgan fingerprint density at radius 2 is 1.56 bits per heavy atom. The molecule has 6 heteroatoms. The molecule has 130 valence electrons. The molecule has 25 heavy (non-hydrogen) atoms. The van der Waals surface area contributed by atoms with Crippen LogP contribution >= 0.6 is 0 Å². The third-order valence-electron chi connectivity index (χ3n) is 3.88. The number of methoxy groups -OCH3 is 4. The van der Waals surface area contributed by atoms with Gasteiger partial charge in [0.15, 0.2) is 17.3 Å². The van der Waals surface area contributed by atoms with E-state index in [0.29, 0.717) is 28.6 Å². The Morgan fingerprint density at radius 1 is 0.880 bits per heavy atom. The monoisotopic (exact) mass is 342 g/mol. The lowest BCUT2D eigenvalue weighted by Gasteiger charge is -2.13. The quantitative estimate of drug-likeness (QED) is 0.777. The summed E-state index contributed by atoms with van der Waals surface area (Å²) in [5.74, 6) is 2.11. The molecule has 2 aromatic carbocycles. The van der Waals surface area contributed by atoms with Crippen LogP contribution in [0.5, 0.6) is 28.7 Å². The Hall–Kier alpha value is -3.15. The van der Waals surface area contributed by atoms with E-state index in [1.54, 1.807) is 19.3 Å². The minimum absolute atomic E-state index is 0.203. The summed E-state index contributed by atoms with van der Waals surface area (Å²) in [4.78, 5) is 12.8. The molecule has 1 aliphatic heterocycles. The van der Waals surface area contributed by atoms with Crippen LogP contribution in [-0.2, 0) is 0 Å². The van der Waals surface area contributed by atoms with Gasteiger partial charge < -0.3 is 23.7 Å². The number of carbonyl (C=O) groups is 1. The third-order valence-corrected chi connectivity index (χ3v) is 3.88. The molecule has 0 radical (unpaired) electrons. The van der Waals surface area contributed by atoms with Gasteiger partial charge in [0, 0.05) is 6.07 Å². The van der Waals surface area contributed by atoms with Crippen molar-refractivity contribution in [3.63, 3.8) is 0 Å². The lowest BCUT2D eigenvalue weighted by atomic mass is 10.1. The molecule has 1 aliphatic rings. The molecule has 0 aliphatic carbocycles. The molecule has 0 bridgehead atoms. The minimum Gasteiger partial charge on any atom is -0.497 e. The molecule has 0 saturated carbocycles.